The molecule has 1 aromatic heterocycles. The molecule has 11 aromatic carbocycles. The molecule has 12 aromatic rings. The van der Waals surface area contributed by atoms with Crippen molar-refractivity contribution in [3.8, 4) is 33.6 Å². The topological polar surface area (TPSA) is 19.4 Å². The highest BCUT2D eigenvalue weighted by molar-refractivity contribution is 7.00. The first-order valence-corrected chi connectivity index (χ1v) is 36.4. The first kappa shape index (κ1) is 67.5. The average Bonchev–Trinajstić information content (AvgIpc) is 0.687. The van der Waals surface area contributed by atoms with Gasteiger partial charge in [0.15, 0.2) is 0 Å². The van der Waals surface area contributed by atoms with Crippen molar-refractivity contribution in [2.75, 3.05) is 9.80 Å². The van der Waals surface area contributed by atoms with Crippen LogP contribution in [0.1, 0.15) is 211 Å². The minimum absolute atomic E-state index is 0.111. The van der Waals surface area contributed by atoms with Gasteiger partial charge < -0.3 is 9.80 Å². The summed E-state index contributed by atoms with van der Waals surface area (Å²) < 4.78 is 0. The second kappa shape index (κ2) is 22.9. The summed E-state index contributed by atoms with van der Waals surface area (Å²) in [5.41, 5.74) is 26.8. The Morgan fingerprint density at radius 3 is 0.838 bits per heavy atom. The van der Waals surface area contributed by atoms with E-state index in [4.69, 9.17) is 4.98 Å². The van der Waals surface area contributed by atoms with E-state index in [2.05, 4.69) is 370 Å². The molecule has 0 saturated carbocycles. The van der Waals surface area contributed by atoms with Crippen LogP contribution in [0.3, 0.4) is 0 Å². The van der Waals surface area contributed by atoms with Gasteiger partial charge in [-0.15, -0.1) is 0 Å². The summed E-state index contributed by atoms with van der Waals surface area (Å²) in [6.07, 6.45) is 0. The minimum atomic E-state index is -0.162. The highest BCUT2D eigenvalue weighted by Crippen LogP contribution is 2.51. The molecule has 2 aliphatic heterocycles. The quantitative estimate of drug-likeness (QED) is 0.126. The lowest BCUT2D eigenvalue weighted by Gasteiger charge is -2.45. The molecule has 0 bridgehead atoms. The molecule has 0 fully saturated rings. The zero-order valence-electron chi connectivity index (χ0n) is 63.9. The third kappa shape index (κ3) is 12.3. The lowest BCUT2D eigenvalue weighted by Crippen LogP contribution is -2.61. The highest BCUT2D eigenvalue weighted by Gasteiger charge is 2.45. The Bertz CT molecular complexity index is 4840. The van der Waals surface area contributed by atoms with Gasteiger partial charge in [0, 0.05) is 45.3 Å². The maximum absolute atomic E-state index is 5.95. The number of nitrogens with zero attached hydrogens (tertiary/aromatic N) is 3. The number of fused-ring (bicyclic) bond motifs is 10. The third-order valence-corrected chi connectivity index (χ3v) is 21.7. The molecule has 3 heterocycles. The van der Waals surface area contributed by atoms with Crippen LogP contribution in [0.4, 0.5) is 34.1 Å². The van der Waals surface area contributed by atoms with E-state index in [1.165, 1.54) is 127 Å². The van der Waals surface area contributed by atoms with E-state index in [0.717, 1.165) is 45.0 Å². The third-order valence-electron chi connectivity index (χ3n) is 21.7. The Kier molecular flexibility index (Phi) is 15.6. The Morgan fingerprint density at radius 2 is 0.525 bits per heavy atom. The normalized spacial score (nSPS) is 14.0. The van der Waals surface area contributed by atoms with Gasteiger partial charge in [0.1, 0.15) is 0 Å². The lowest BCUT2D eigenvalue weighted by atomic mass is 9.33. The van der Waals surface area contributed by atoms with Crippen LogP contribution in [-0.4, -0.2) is 11.7 Å². The highest BCUT2D eigenvalue weighted by atomic mass is 15.2. The molecule has 0 saturated heterocycles. The maximum atomic E-state index is 5.95. The summed E-state index contributed by atoms with van der Waals surface area (Å²) in [6, 6.07) is 77.3. The SMILES string of the molecule is CC(C)(C)c1cc(-c2cc(-c3cc4c5c(c3)N(c3cc(C(C)(C)C)cc(C(C)(C)C)c3)c3cc6c(ccc7ccccc76)cc3B5c3cc5ccc6ccccc6c5cc3N4c3cc(C(C)(C)C)cc(C(C)(C)C)c3)cc(-c3cc(C(C)(C)C)cc(C(C)(C)C)c3)n2)cc(C(C)(C)C)c1. The lowest BCUT2D eigenvalue weighted by molar-refractivity contribution is 0.568. The van der Waals surface area contributed by atoms with Crippen molar-refractivity contribution in [1.82, 2.24) is 4.98 Å². The summed E-state index contributed by atoms with van der Waals surface area (Å²) in [5.74, 6) is 0. The molecule has 14 rings (SSSR count). The Morgan fingerprint density at radius 1 is 0.242 bits per heavy atom. The van der Waals surface area contributed by atoms with Gasteiger partial charge in [-0.3, -0.25) is 0 Å². The van der Waals surface area contributed by atoms with Gasteiger partial charge in [-0.05, 0) is 243 Å². The van der Waals surface area contributed by atoms with Gasteiger partial charge in [0.2, 0.25) is 0 Å². The zero-order valence-corrected chi connectivity index (χ0v) is 63.9. The van der Waals surface area contributed by atoms with Gasteiger partial charge in [0.05, 0.1) is 11.4 Å². The predicted molar refractivity (Wildman–Crippen MR) is 434 cm³/mol. The van der Waals surface area contributed by atoms with Gasteiger partial charge in [-0.2, -0.15) is 0 Å². The first-order chi connectivity index (χ1) is 46.1. The molecule has 3 nitrogen and oxygen atoms in total. The fourth-order valence-electron chi connectivity index (χ4n) is 15.2. The van der Waals surface area contributed by atoms with Crippen molar-refractivity contribution in [1.29, 1.82) is 0 Å². The summed E-state index contributed by atoms with van der Waals surface area (Å²) in [4.78, 5) is 11.4. The zero-order chi connectivity index (χ0) is 71.0. The molecule has 0 amide bonds. The number of rotatable bonds is 5. The molecule has 99 heavy (non-hydrogen) atoms. The summed E-state index contributed by atoms with van der Waals surface area (Å²) >= 11 is 0. The van der Waals surface area contributed by atoms with Crippen LogP contribution < -0.4 is 26.2 Å². The maximum Gasteiger partial charge on any atom is 0.252 e. The molecule has 0 radical (unpaired) electrons. The Balaban J connectivity index is 1.20. The van der Waals surface area contributed by atoms with Gasteiger partial charge >= 0.3 is 0 Å². The van der Waals surface area contributed by atoms with Crippen molar-refractivity contribution in [2.45, 2.75) is 209 Å². The van der Waals surface area contributed by atoms with E-state index in [0.29, 0.717) is 0 Å². The predicted octanol–water partition coefficient (Wildman–Crippen LogP) is 25.2. The van der Waals surface area contributed by atoms with E-state index in [-0.39, 0.29) is 50.0 Å². The number of pyridine rings is 1. The molecule has 2 aliphatic rings. The van der Waals surface area contributed by atoms with Crippen LogP contribution in [0.5, 0.6) is 0 Å². The number of hydrogen-bond acceptors (Lipinski definition) is 3. The Hall–Kier alpha value is -8.73. The molecule has 0 aliphatic carbocycles. The number of aromatic nitrogens is 1. The smallest absolute Gasteiger partial charge is 0.252 e. The van der Waals surface area contributed by atoms with E-state index in [9.17, 15) is 0 Å². The summed E-state index contributed by atoms with van der Waals surface area (Å²) in [7, 11) is 0. The largest absolute Gasteiger partial charge is 0.311 e. The molecule has 502 valence electrons. The van der Waals surface area contributed by atoms with E-state index in [1.54, 1.807) is 0 Å². The monoisotopic (exact) mass is 1300 g/mol. The molecule has 0 N–H and O–H groups in total. The van der Waals surface area contributed by atoms with Crippen LogP contribution in [0, 0.1) is 0 Å². The molecule has 0 spiro atoms. The standard InChI is InChI=1S/C95H104BN3/c1-88(2,3)65-37-63(38-66(47-65)89(4,5)6)81-43-61(44-82(97-81)64-39-67(90(7,8)9)48-68(40-64)91(10,11)12)62-45-85-87-86(46-62)99(74-53-71(94(19,20)21)50-72(54-74)95(22,23)24)84-56-78-60(36-34-58-30-26-28-32-76(58)78)42-80(84)96(87)79-41-59-35-33-57-29-25-27-31-75(57)77(59)55-83(79)98(85)73-51-69(92(13,14)15)49-70(52-73)93(16,17)18/h25-56H,1-24H3. The fourth-order valence-corrected chi connectivity index (χ4v) is 15.2. The van der Waals surface area contributed by atoms with Crippen LogP contribution in [0.2, 0.25) is 0 Å². The van der Waals surface area contributed by atoms with Crippen molar-refractivity contribution in [2.24, 2.45) is 0 Å². The van der Waals surface area contributed by atoms with Crippen molar-refractivity contribution in [3.05, 3.63) is 239 Å². The fraction of sp³-hybridized carbons (Fsp3) is 0.337. The number of benzene rings is 11. The summed E-state index contributed by atoms with van der Waals surface area (Å²) in [6.45, 7) is 56.5. The van der Waals surface area contributed by atoms with Crippen molar-refractivity contribution < 1.29 is 0 Å². The van der Waals surface area contributed by atoms with E-state index < -0.39 is 0 Å². The second-order valence-corrected chi connectivity index (χ2v) is 37.6. The second-order valence-electron chi connectivity index (χ2n) is 37.6. The number of hydrogen-bond donors (Lipinski definition) is 0. The number of anilines is 6. The van der Waals surface area contributed by atoms with Gasteiger partial charge in [-0.1, -0.05) is 275 Å². The van der Waals surface area contributed by atoms with Crippen LogP contribution >= 0.6 is 0 Å². The molecule has 0 unspecified atom stereocenters. The molecule has 4 heteroatoms. The minimum Gasteiger partial charge on any atom is -0.311 e. The van der Waals surface area contributed by atoms with Crippen molar-refractivity contribution >= 4 is 100 Å². The van der Waals surface area contributed by atoms with Gasteiger partial charge in [0.25, 0.3) is 6.71 Å². The van der Waals surface area contributed by atoms with E-state index >= 15 is 0 Å². The molecular weight excluding hydrogens is 1190 g/mol. The molecular formula is C95H104BN3. The van der Waals surface area contributed by atoms with E-state index in [1.807, 2.05) is 0 Å². The average molecular weight is 1300 g/mol. The van der Waals surface area contributed by atoms with Gasteiger partial charge in [-0.25, -0.2) is 4.98 Å². The molecule has 0 atom stereocenters. The van der Waals surface area contributed by atoms with Crippen LogP contribution in [-0.2, 0) is 43.3 Å². The summed E-state index contributed by atoms with van der Waals surface area (Å²) in [5, 5.41) is 9.96. The Labute approximate surface area is 593 Å². The van der Waals surface area contributed by atoms with Crippen LogP contribution in [0.25, 0.3) is 76.7 Å². The first-order valence-electron chi connectivity index (χ1n) is 36.4. The van der Waals surface area contributed by atoms with Crippen LogP contribution in [0.15, 0.2) is 194 Å². The van der Waals surface area contributed by atoms with Crippen molar-refractivity contribution in [3.63, 3.8) is 0 Å².